The molecule has 0 radical (unpaired) electrons. The van der Waals surface area contributed by atoms with Crippen LogP contribution in [0.1, 0.15) is 5.56 Å². The van der Waals surface area contributed by atoms with E-state index in [1.165, 1.54) is 19.2 Å². The van der Waals surface area contributed by atoms with Gasteiger partial charge in [0.25, 0.3) is 0 Å². The summed E-state index contributed by atoms with van der Waals surface area (Å²) in [6.07, 6.45) is -4.51. The maximum atomic E-state index is 12.9. The molecule has 1 N–H and O–H groups in total. The van der Waals surface area contributed by atoms with Crippen molar-refractivity contribution in [2.45, 2.75) is 12.7 Å². The van der Waals surface area contributed by atoms with Crippen molar-refractivity contribution in [2.24, 2.45) is 0 Å². The second-order valence-electron chi connectivity index (χ2n) is 6.94. The number of nitrogens with zero attached hydrogens (tertiary/aromatic N) is 1. The molecule has 8 heteroatoms. The van der Waals surface area contributed by atoms with Gasteiger partial charge in [-0.3, -0.25) is 9.59 Å². The van der Waals surface area contributed by atoms with Crippen molar-refractivity contribution in [1.82, 2.24) is 4.57 Å². The molecule has 0 aliphatic carbocycles. The molecular formula is C23H17F3N2O3. The second kappa shape index (κ2) is 7.79. The Labute approximate surface area is 174 Å². The van der Waals surface area contributed by atoms with Crippen LogP contribution >= 0.6 is 0 Å². The Hall–Kier alpha value is -3.81. The van der Waals surface area contributed by atoms with Gasteiger partial charge in [0.05, 0.1) is 23.7 Å². The third kappa shape index (κ3) is 3.96. The minimum absolute atomic E-state index is 0.0381. The summed E-state index contributed by atoms with van der Waals surface area (Å²) in [4.78, 5) is 25.7. The third-order valence-corrected chi connectivity index (χ3v) is 4.95. The number of alkyl halides is 3. The Balaban J connectivity index is 1.76. The number of ether oxygens (including phenoxy) is 1. The molecule has 0 aliphatic rings. The molecule has 0 aliphatic heterocycles. The van der Waals surface area contributed by atoms with Crippen LogP contribution < -0.4 is 15.5 Å². The van der Waals surface area contributed by atoms with Crippen molar-refractivity contribution in [1.29, 1.82) is 0 Å². The predicted molar refractivity (Wildman–Crippen MR) is 112 cm³/mol. The van der Waals surface area contributed by atoms with Gasteiger partial charge in [-0.05, 0) is 48.5 Å². The number of fused-ring (bicyclic) bond motifs is 2. The number of aromatic nitrogens is 1. The van der Waals surface area contributed by atoms with Crippen LogP contribution in [0.5, 0.6) is 5.75 Å². The van der Waals surface area contributed by atoms with Crippen molar-refractivity contribution in [3.05, 3.63) is 82.5 Å². The Morgan fingerprint density at radius 2 is 1.71 bits per heavy atom. The van der Waals surface area contributed by atoms with Gasteiger partial charge in [0.2, 0.25) is 5.91 Å². The highest BCUT2D eigenvalue weighted by molar-refractivity contribution is 5.97. The highest BCUT2D eigenvalue weighted by atomic mass is 19.4. The molecule has 4 rings (SSSR count). The SMILES string of the molecule is COc1ccc2c(c1)c(=O)c1ccccc1n2CC(=O)Nc1cccc(C(F)(F)F)c1. The van der Waals surface area contributed by atoms with Crippen molar-refractivity contribution in [2.75, 3.05) is 12.4 Å². The lowest BCUT2D eigenvalue weighted by Gasteiger charge is -2.16. The average molecular weight is 426 g/mol. The van der Waals surface area contributed by atoms with E-state index in [4.69, 9.17) is 4.74 Å². The number of amides is 1. The molecule has 158 valence electrons. The number of hydrogen-bond donors (Lipinski definition) is 1. The molecule has 5 nitrogen and oxygen atoms in total. The van der Waals surface area contributed by atoms with Gasteiger partial charge in [0.1, 0.15) is 12.3 Å². The van der Waals surface area contributed by atoms with Gasteiger partial charge < -0.3 is 14.6 Å². The molecule has 1 heterocycles. The van der Waals surface area contributed by atoms with Crippen LogP contribution in [-0.2, 0) is 17.5 Å². The monoisotopic (exact) mass is 426 g/mol. The molecule has 0 bridgehead atoms. The van der Waals surface area contributed by atoms with Crippen LogP contribution in [0.2, 0.25) is 0 Å². The molecule has 1 amide bonds. The molecule has 31 heavy (non-hydrogen) atoms. The minimum atomic E-state index is -4.51. The summed E-state index contributed by atoms with van der Waals surface area (Å²) in [5.74, 6) is -0.0231. The summed E-state index contributed by atoms with van der Waals surface area (Å²) in [6, 6.07) is 16.3. The van der Waals surface area contributed by atoms with Crippen LogP contribution in [0, 0.1) is 0 Å². The number of methoxy groups -OCH3 is 1. The largest absolute Gasteiger partial charge is 0.497 e. The Bertz CT molecular complexity index is 1360. The summed E-state index contributed by atoms with van der Waals surface area (Å²) < 4.78 is 45.7. The number of nitrogens with one attached hydrogen (secondary N) is 1. The smallest absolute Gasteiger partial charge is 0.416 e. The summed E-state index contributed by atoms with van der Waals surface area (Å²) in [7, 11) is 1.49. The molecule has 4 aromatic rings. The normalized spacial score (nSPS) is 11.6. The zero-order valence-corrected chi connectivity index (χ0v) is 16.4. The van der Waals surface area contributed by atoms with E-state index in [-0.39, 0.29) is 17.7 Å². The lowest BCUT2D eigenvalue weighted by Crippen LogP contribution is -2.21. The number of carbonyl (C=O) groups excluding carboxylic acids is 1. The fourth-order valence-corrected chi connectivity index (χ4v) is 3.52. The van der Waals surface area contributed by atoms with Gasteiger partial charge >= 0.3 is 6.18 Å². The lowest BCUT2D eigenvalue weighted by atomic mass is 10.1. The van der Waals surface area contributed by atoms with Gasteiger partial charge in [0, 0.05) is 16.5 Å². The number of hydrogen-bond acceptors (Lipinski definition) is 3. The van der Waals surface area contributed by atoms with Crippen LogP contribution in [0.4, 0.5) is 18.9 Å². The summed E-state index contributed by atoms with van der Waals surface area (Å²) >= 11 is 0. The van der Waals surface area contributed by atoms with E-state index < -0.39 is 17.6 Å². The molecule has 0 unspecified atom stereocenters. The molecule has 0 saturated heterocycles. The first kappa shape index (κ1) is 20.5. The highest BCUT2D eigenvalue weighted by Crippen LogP contribution is 2.30. The number of benzene rings is 3. The summed E-state index contributed by atoms with van der Waals surface area (Å²) in [5, 5.41) is 3.31. The molecule has 1 aromatic heterocycles. The van der Waals surface area contributed by atoms with E-state index >= 15 is 0 Å². The lowest BCUT2D eigenvalue weighted by molar-refractivity contribution is -0.137. The molecular weight excluding hydrogens is 409 g/mol. The third-order valence-electron chi connectivity index (χ3n) is 4.95. The molecule has 0 spiro atoms. The first-order valence-electron chi connectivity index (χ1n) is 9.34. The van der Waals surface area contributed by atoms with E-state index in [0.717, 1.165) is 12.1 Å². The van der Waals surface area contributed by atoms with Gasteiger partial charge in [0.15, 0.2) is 5.43 Å². The minimum Gasteiger partial charge on any atom is -0.497 e. The molecule has 0 atom stereocenters. The number of halogens is 3. The first-order chi connectivity index (χ1) is 14.8. The van der Waals surface area contributed by atoms with Gasteiger partial charge in [-0.2, -0.15) is 13.2 Å². The van der Waals surface area contributed by atoms with Crippen molar-refractivity contribution < 1.29 is 22.7 Å². The van der Waals surface area contributed by atoms with Gasteiger partial charge in [-0.25, -0.2) is 0 Å². The number of pyridine rings is 1. The number of carbonyl (C=O) groups is 1. The molecule has 0 fully saturated rings. The topological polar surface area (TPSA) is 60.3 Å². The van der Waals surface area contributed by atoms with Gasteiger partial charge in [-0.1, -0.05) is 18.2 Å². The zero-order valence-electron chi connectivity index (χ0n) is 16.4. The maximum absolute atomic E-state index is 12.9. The molecule has 3 aromatic carbocycles. The van der Waals surface area contributed by atoms with E-state index in [0.29, 0.717) is 27.6 Å². The maximum Gasteiger partial charge on any atom is 0.416 e. The number of anilines is 1. The van der Waals surface area contributed by atoms with Crippen LogP contribution in [-0.4, -0.2) is 17.6 Å². The number of para-hydroxylation sites is 1. The summed E-state index contributed by atoms with van der Waals surface area (Å²) in [5.41, 5.74) is 0.0555. The van der Waals surface area contributed by atoms with Crippen molar-refractivity contribution in [3.8, 4) is 5.75 Å². The predicted octanol–water partition coefficient (Wildman–Crippen LogP) is 4.82. The Morgan fingerprint density at radius 1 is 0.968 bits per heavy atom. The van der Waals surface area contributed by atoms with E-state index in [1.54, 1.807) is 47.0 Å². The molecule has 0 saturated carbocycles. The average Bonchev–Trinajstić information content (AvgIpc) is 2.76. The Morgan fingerprint density at radius 3 is 2.45 bits per heavy atom. The zero-order chi connectivity index (χ0) is 22.2. The highest BCUT2D eigenvalue weighted by Gasteiger charge is 2.30. The van der Waals surface area contributed by atoms with Crippen molar-refractivity contribution in [3.63, 3.8) is 0 Å². The van der Waals surface area contributed by atoms with E-state index in [9.17, 15) is 22.8 Å². The number of rotatable bonds is 4. The fourth-order valence-electron chi connectivity index (χ4n) is 3.52. The summed E-state index contributed by atoms with van der Waals surface area (Å²) in [6.45, 7) is -0.195. The van der Waals surface area contributed by atoms with Crippen LogP contribution in [0.15, 0.2) is 71.5 Å². The van der Waals surface area contributed by atoms with E-state index in [2.05, 4.69) is 5.32 Å². The first-order valence-corrected chi connectivity index (χ1v) is 9.34. The standard InChI is InChI=1S/C23H17F3N2O3/c1-31-16-9-10-20-18(12-16)22(30)17-7-2-3-8-19(17)28(20)13-21(29)27-15-6-4-5-14(11-15)23(24,25)26/h2-12H,13H2,1H3,(H,27,29). The quantitative estimate of drug-likeness (QED) is 0.476. The Kier molecular flexibility index (Phi) is 5.14. The van der Waals surface area contributed by atoms with Crippen molar-refractivity contribution >= 4 is 33.4 Å². The van der Waals surface area contributed by atoms with Gasteiger partial charge in [-0.15, -0.1) is 0 Å². The second-order valence-corrected chi connectivity index (χ2v) is 6.94. The fraction of sp³-hybridized carbons (Fsp3) is 0.130. The van der Waals surface area contributed by atoms with Crippen LogP contribution in [0.25, 0.3) is 21.8 Å². The van der Waals surface area contributed by atoms with E-state index in [1.807, 2.05) is 0 Å². The van der Waals surface area contributed by atoms with Crippen LogP contribution in [0.3, 0.4) is 0 Å².